The van der Waals surface area contributed by atoms with Crippen LogP contribution in [-0.4, -0.2) is 62.4 Å². The third-order valence-corrected chi connectivity index (χ3v) is 5.27. The Labute approximate surface area is 164 Å². The van der Waals surface area contributed by atoms with E-state index in [9.17, 15) is 4.79 Å². The Morgan fingerprint density at radius 2 is 2.00 bits per heavy atom. The van der Waals surface area contributed by atoms with Crippen molar-refractivity contribution in [3.8, 4) is 0 Å². The number of amides is 1. The largest absolute Gasteiger partial charge is 0.444 e. The van der Waals surface area contributed by atoms with Gasteiger partial charge in [0.05, 0.1) is 12.2 Å². The van der Waals surface area contributed by atoms with Crippen LogP contribution < -0.4 is 0 Å². The fraction of sp³-hybridized carbons (Fsp3) is 0.632. The number of hydrogen-bond donors (Lipinski definition) is 0. The SMILES string of the molecule is CC(C)(C)OC(=O)N1CC(n2ncc3c(CN4CCCC4)cc(Cl)nc32)C1. The van der Waals surface area contributed by atoms with Crippen molar-refractivity contribution in [3.63, 3.8) is 0 Å². The Balaban J connectivity index is 1.51. The summed E-state index contributed by atoms with van der Waals surface area (Å²) >= 11 is 6.30. The van der Waals surface area contributed by atoms with E-state index in [4.69, 9.17) is 16.3 Å². The van der Waals surface area contributed by atoms with E-state index in [-0.39, 0.29) is 12.1 Å². The number of hydrogen-bond acceptors (Lipinski definition) is 5. The van der Waals surface area contributed by atoms with Crippen molar-refractivity contribution < 1.29 is 9.53 Å². The van der Waals surface area contributed by atoms with Gasteiger partial charge in [0.15, 0.2) is 5.65 Å². The number of nitrogens with zero attached hydrogens (tertiary/aromatic N) is 5. The third-order valence-electron chi connectivity index (χ3n) is 5.07. The van der Waals surface area contributed by atoms with Gasteiger partial charge < -0.3 is 9.64 Å². The highest BCUT2D eigenvalue weighted by Gasteiger charge is 2.36. The van der Waals surface area contributed by atoms with E-state index in [0.29, 0.717) is 18.2 Å². The second-order valence-electron chi connectivity index (χ2n) is 8.45. The maximum atomic E-state index is 12.2. The lowest BCUT2D eigenvalue weighted by Crippen LogP contribution is -2.52. The molecule has 1 amide bonds. The van der Waals surface area contributed by atoms with Gasteiger partial charge in [-0.15, -0.1) is 0 Å². The average molecular weight is 392 g/mol. The summed E-state index contributed by atoms with van der Waals surface area (Å²) in [5.74, 6) is 0. The van der Waals surface area contributed by atoms with E-state index >= 15 is 0 Å². The molecule has 4 rings (SSSR count). The first-order chi connectivity index (χ1) is 12.8. The molecule has 2 fully saturated rings. The van der Waals surface area contributed by atoms with Crippen LogP contribution in [0.4, 0.5) is 4.79 Å². The molecule has 0 N–H and O–H groups in total. The highest BCUT2D eigenvalue weighted by molar-refractivity contribution is 6.29. The molecule has 7 nitrogen and oxygen atoms in total. The molecule has 2 aromatic heterocycles. The Morgan fingerprint density at radius 3 is 2.67 bits per heavy atom. The van der Waals surface area contributed by atoms with E-state index in [1.54, 1.807) is 4.90 Å². The van der Waals surface area contributed by atoms with Crippen molar-refractivity contribution in [2.45, 2.75) is 51.8 Å². The molecular formula is C19H26ClN5O2. The van der Waals surface area contributed by atoms with Gasteiger partial charge in [0, 0.05) is 25.0 Å². The lowest BCUT2D eigenvalue weighted by Gasteiger charge is -2.39. The Hall–Kier alpha value is -1.86. The maximum absolute atomic E-state index is 12.2. The summed E-state index contributed by atoms with van der Waals surface area (Å²) in [4.78, 5) is 20.8. The summed E-state index contributed by atoms with van der Waals surface area (Å²) in [5.41, 5.74) is 1.48. The standard InChI is InChI=1S/C19H26ClN5O2/c1-19(2,3)27-18(26)24-11-14(12-24)25-17-15(9-21-25)13(8-16(20)22-17)10-23-6-4-5-7-23/h8-9,14H,4-7,10-12H2,1-3H3. The van der Waals surface area contributed by atoms with Crippen LogP contribution in [0.25, 0.3) is 11.0 Å². The van der Waals surface area contributed by atoms with E-state index in [2.05, 4.69) is 15.0 Å². The Morgan fingerprint density at radius 1 is 1.30 bits per heavy atom. The van der Waals surface area contributed by atoms with Crippen molar-refractivity contribution in [1.82, 2.24) is 24.6 Å². The fourth-order valence-corrected chi connectivity index (χ4v) is 3.93. The molecule has 0 aliphatic carbocycles. The van der Waals surface area contributed by atoms with Gasteiger partial charge in [0.25, 0.3) is 0 Å². The smallest absolute Gasteiger partial charge is 0.410 e. The van der Waals surface area contributed by atoms with E-state index in [1.807, 2.05) is 37.7 Å². The van der Waals surface area contributed by atoms with Crippen LogP contribution in [0.5, 0.6) is 0 Å². The van der Waals surface area contributed by atoms with Gasteiger partial charge in [0.1, 0.15) is 10.8 Å². The molecule has 0 atom stereocenters. The molecule has 2 aliphatic heterocycles. The minimum Gasteiger partial charge on any atom is -0.444 e. The summed E-state index contributed by atoms with van der Waals surface area (Å²) in [6.07, 6.45) is 4.10. The van der Waals surface area contributed by atoms with Crippen LogP contribution in [0, 0.1) is 0 Å². The van der Waals surface area contributed by atoms with Crippen LogP contribution in [0.3, 0.4) is 0 Å². The van der Waals surface area contributed by atoms with E-state index < -0.39 is 5.60 Å². The summed E-state index contributed by atoms with van der Waals surface area (Å²) in [5, 5.41) is 6.09. The lowest BCUT2D eigenvalue weighted by molar-refractivity contribution is 0.0000848. The molecule has 0 radical (unpaired) electrons. The molecule has 0 aromatic carbocycles. The van der Waals surface area contributed by atoms with Crippen LogP contribution in [0.15, 0.2) is 12.3 Å². The first kappa shape index (κ1) is 18.5. The number of rotatable bonds is 3. The van der Waals surface area contributed by atoms with Crippen LogP contribution in [0.1, 0.15) is 45.2 Å². The Kier molecular flexibility index (Phi) is 4.76. The summed E-state index contributed by atoms with van der Waals surface area (Å²) in [6.45, 7) is 9.89. The highest BCUT2D eigenvalue weighted by Crippen LogP contribution is 2.29. The van der Waals surface area contributed by atoms with Gasteiger partial charge in [-0.05, 0) is 58.3 Å². The third kappa shape index (κ3) is 3.89. The zero-order chi connectivity index (χ0) is 19.2. The molecule has 0 saturated carbocycles. The number of fused-ring (bicyclic) bond motifs is 1. The van der Waals surface area contributed by atoms with Crippen molar-refractivity contribution in [2.75, 3.05) is 26.2 Å². The lowest BCUT2D eigenvalue weighted by atomic mass is 10.1. The molecule has 0 spiro atoms. The van der Waals surface area contributed by atoms with Crippen LogP contribution in [0.2, 0.25) is 5.15 Å². The van der Waals surface area contributed by atoms with Crippen LogP contribution >= 0.6 is 11.6 Å². The quantitative estimate of drug-likeness (QED) is 0.749. The maximum Gasteiger partial charge on any atom is 0.410 e. The zero-order valence-corrected chi connectivity index (χ0v) is 16.9. The van der Waals surface area contributed by atoms with Crippen molar-refractivity contribution in [2.24, 2.45) is 0 Å². The summed E-state index contributed by atoms with van der Waals surface area (Å²) in [7, 11) is 0. The molecule has 2 aliphatic rings. The molecule has 2 saturated heterocycles. The topological polar surface area (TPSA) is 63.5 Å². The molecule has 2 aromatic rings. The van der Waals surface area contributed by atoms with Gasteiger partial charge >= 0.3 is 6.09 Å². The minimum absolute atomic E-state index is 0.0978. The predicted molar refractivity (Wildman–Crippen MR) is 104 cm³/mol. The van der Waals surface area contributed by atoms with E-state index in [1.165, 1.54) is 18.4 Å². The molecule has 8 heteroatoms. The molecule has 4 heterocycles. The first-order valence-electron chi connectivity index (χ1n) is 9.53. The van der Waals surface area contributed by atoms with Gasteiger partial charge in [0.2, 0.25) is 0 Å². The number of aromatic nitrogens is 3. The van der Waals surface area contributed by atoms with Crippen molar-refractivity contribution in [1.29, 1.82) is 0 Å². The fourth-order valence-electron chi connectivity index (χ4n) is 3.71. The number of likely N-dealkylation sites (tertiary alicyclic amines) is 2. The van der Waals surface area contributed by atoms with Crippen LogP contribution in [-0.2, 0) is 11.3 Å². The van der Waals surface area contributed by atoms with Gasteiger partial charge in [-0.3, -0.25) is 4.90 Å². The number of carbonyl (C=O) groups excluding carboxylic acids is 1. The molecule has 146 valence electrons. The van der Waals surface area contributed by atoms with Gasteiger partial charge in [-0.2, -0.15) is 5.10 Å². The zero-order valence-electron chi connectivity index (χ0n) is 16.1. The molecular weight excluding hydrogens is 366 g/mol. The normalized spacial score (nSPS) is 18.9. The average Bonchev–Trinajstić information content (AvgIpc) is 3.14. The molecule has 0 bridgehead atoms. The molecule has 27 heavy (non-hydrogen) atoms. The number of pyridine rings is 1. The second-order valence-corrected chi connectivity index (χ2v) is 8.84. The summed E-state index contributed by atoms with van der Waals surface area (Å²) in [6, 6.07) is 2.04. The monoisotopic (exact) mass is 391 g/mol. The van der Waals surface area contributed by atoms with E-state index in [0.717, 1.165) is 30.7 Å². The van der Waals surface area contributed by atoms with Crippen molar-refractivity contribution in [3.05, 3.63) is 23.0 Å². The predicted octanol–water partition coefficient (Wildman–Crippen LogP) is 3.47. The summed E-state index contributed by atoms with van der Waals surface area (Å²) < 4.78 is 7.32. The highest BCUT2D eigenvalue weighted by atomic mass is 35.5. The first-order valence-corrected chi connectivity index (χ1v) is 9.91. The Bertz CT molecular complexity index is 848. The number of carbonyl (C=O) groups is 1. The second kappa shape index (κ2) is 6.95. The van der Waals surface area contributed by atoms with Gasteiger partial charge in [-0.1, -0.05) is 11.6 Å². The number of halogens is 1. The minimum atomic E-state index is -0.486. The van der Waals surface area contributed by atoms with Crippen molar-refractivity contribution >= 4 is 28.7 Å². The van der Waals surface area contributed by atoms with Gasteiger partial charge in [-0.25, -0.2) is 14.5 Å². The number of ether oxygens (including phenoxy) is 1. The molecule has 0 unspecified atom stereocenters.